The third kappa shape index (κ3) is 3.09. The van der Waals surface area contributed by atoms with Gasteiger partial charge in [-0.2, -0.15) is 0 Å². The Morgan fingerprint density at radius 3 is 2.78 bits per heavy atom. The summed E-state index contributed by atoms with van der Waals surface area (Å²) in [6.45, 7) is 2.81. The number of pyridine rings is 1. The second-order valence-electron chi connectivity index (χ2n) is 5.23. The van der Waals surface area contributed by atoms with Crippen molar-refractivity contribution in [2.45, 2.75) is 57.1 Å². The lowest BCUT2D eigenvalue weighted by Gasteiger charge is -2.41. The van der Waals surface area contributed by atoms with Gasteiger partial charge in [0.2, 0.25) is 0 Å². The van der Waals surface area contributed by atoms with Crippen LogP contribution < -0.4 is 5.73 Å². The molecule has 2 rings (SSSR count). The summed E-state index contributed by atoms with van der Waals surface area (Å²) >= 11 is 0. The minimum absolute atomic E-state index is 0.0712. The number of hydrogen-bond donors (Lipinski definition) is 1. The first-order valence-corrected chi connectivity index (χ1v) is 7.05. The van der Waals surface area contributed by atoms with Gasteiger partial charge in [0.15, 0.2) is 0 Å². The predicted octanol–water partition coefficient (Wildman–Crippen LogP) is 2.69. The summed E-state index contributed by atoms with van der Waals surface area (Å²) in [5, 5.41) is 0. The normalized spacial score (nSPS) is 20.6. The molecule has 1 aromatic heterocycles. The van der Waals surface area contributed by atoms with Crippen molar-refractivity contribution < 1.29 is 4.74 Å². The molecule has 0 spiro atoms. The van der Waals surface area contributed by atoms with Crippen molar-refractivity contribution in [3.05, 3.63) is 30.1 Å². The van der Waals surface area contributed by atoms with Crippen molar-refractivity contribution in [3.63, 3.8) is 0 Å². The predicted molar refractivity (Wildman–Crippen MR) is 73.4 cm³/mol. The highest BCUT2D eigenvalue weighted by molar-refractivity contribution is 5.12. The molecule has 1 aromatic rings. The lowest BCUT2D eigenvalue weighted by molar-refractivity contribution is -0.0817. The Balaban J connectivity index is 2.05. The molecule has 1 saturated carbocycles. The Labute approximate surface area is 110 Å². The van der Waals surface area contributed by atoms with Crippen molar-refractivity contribution in [2.75, 3.05) is 6.61 Å². The summed E-state index contributed by atoms with van der Waals surface area (Å²) in [7, 11) is 0. The highest BCUT2D eigenvalue weighted by atomic mass is 16.5. The van der Waals surface area contributed by atoms with E-state index < -0.39 is 0 Å². The van der Waals surface area contributed by atoms with Crippen molar-refractivity contribution in [1.29, 1.82) is 0 Å². The summed E-state index contributed by atoms with van der Waals surface area (Å²) in [5.74, 6) is 0. The van der Waals surface area contributed by atoms with Crippen LogP contribution in [0.5, 0.6) is 0 Å². The lowest BCUT2D eigenvalue weighted by atomic mass is 9.77. The van der Waals surface area contributed by atoms with E-state index in [2.05, 4.69) is 18.0 Å². The van der Waals surface area contributed by atoms with Gasteiger partial charge in [-0.15, -0.1) is 0 Å². The summed E-state index contributed by atoms with van der Waals surface area (Å²) in [6.07, 6.45) is 10.5. The number of hydrogen-bond acceptors (Lipinski definition) is 3. The quantitative estimate of drug-likeness (QED) is 0.871. The Hall–Kier alpha value is -0.930. The van der Waals surface area contributed by atoms with Gasteiger partial charge in [-0.1, -0.05) is 25.3 Å². The minimum atomic E-state index is -0.108. The van der Waals surface area contributed by atoms with Gasteiger partial charge in [0, 0.05) is 25.0 Å². The molecule has 1 fully saturated rings. The van der Waals surface area contributed by atoms with Crippen LogP contribution in [0.4, 0.5) is 0 Å². The maximum atomic E-state index is 6.45. The van der Waals surface area contributed by atoms with Crippen LogP contribution in [0.25, 0.3) is 0 Å². The topological polar surface area (TPSA) is 48.1 Å². The van der Waals surface area contributed by atoms with Crippen molar-refractivity contribution in [2.24, 2.45) is 5.73 Å². The first-order valence-electron chi connectivity index (χ1n) is 7.05. The van der Waals surface area contributed by atoms with Gasteiger partial charge in [0.1, 0.15) is 0 Å². The van der Waals surface area contributed by atoms with Gasteiger partial charge in [0.05, 0.1) is 5.60 Å². The Morgan fingerprint density at radius 2 is 2.17 bits per heavy atom. The second kappa shape index (κ2) is 6.30. The van der Waals surface area contributed by atoms with Gasteiger partial charge < -0.3 is 10.5 Å². The van der Waals surface area contributed by atoms with Crippen LogP contribution in [0.15, 0.2) is 24.5 Å². The molecular formula is C15H24N2O. The first kappa shape index (κ1) is 13.5. The zero-order chi connectivity index (χ0) is 12.8. The molecule has 0 aliphatic heterocycles. The van der Waals surface area contributed by atoms with Crippen LogP contribution >= 0.6 is 0 Å². The van der Waals surface area contributed by atoms with Crippen LogP contribution in [0, 0.1) is 0 Å². The standard InChI is InChI=1S/C15H24N2O/c1-2-18-15(8-4-3-5-9-15)14(16)11-13-7-6-10-17-12-13/h6-7,10,12,14H,2-5,8-9,11,16H2,1H3. The molecule has 2 N–H and O–H groups in total. The molecule has 1 unspecified atom stereocenters. The highest BCUT2D eigenvalue weighted by Gasteiger charge is 2.38. The molecular weight excluding hydrogens is 224 g/mol. The molecule has 1 aliphatic rings. The van der Waals surface area contributed by atoms with E-state index >= 15 is 0 Å². The van der Waals surface area contributed by atoms with Gasteiger partial charge in [-0.25, -0.2) is 0 Å². The summed E-state index contributed by atoms with van der Waals surface area (Å²) in [5.41, 5.74) is 7.54. The molecule has 1 aliphatic carbocycles. The lowest BCUT2D eigenvalue weighted by Crippen LogP contribution is -2.52. The van der Waals surface area contributed by atoms with Crippen LogP contribution in [0.3, 0.4) is 0 Å². The number of rotatable bonds is 5. The summed E-state index contributed by atoms with van der Waals surface area (Å²) in [4.78, 5) is 4.16. The van der Waals surface area contributed by atoms with E-state index in [0.29, 0.717) is 0 Å². The van der Waals surface area contributed by atoms with Crippen LogP contribution in [0.2, 0.25) is 0 Å². The van der Waals surface area contributed by atoms with E-state index in [9.17, 15) is 0 Å². The maximum Gasteiger partial charge on any atom is 0.0835 e. The van der Waals surface area contributed by atoms with Gasteiger partial charge >= 0.3 is 0 Å². The SMILES string of the molecule is CCOC1(C(N)Cc2cccnc2)CCCCC1. The number of aromatic nitrogens is 1. The molecule has 0 bridgehead atoms. The second-order valence-corrected chi connectivity index (χ2v) is 5.23. The largest absolute Gasteiger partial charge is 0.374 e. The molecule has 0 aromatic carbocycles. The maximum absolute atomic E-state index is 6.45. The Kier molecular flexibility index (Phi) is 4.72. The van der Waals surface area contributed by atoms with E-state index in [0.717, 1.165) is 25.9 Å². The van der Waals surface area contributed by atoms with Gasteiger partial charge in [0.25, 0.3) is 0 Å². The number of nitrogens with two attached hydrogens (primary N) is 1. The third-order valence-corrected chi connectivity index (χ3v) is 3.99. The molecule has 3 nitrogen and oxygen atoms in total. The Bertz CT molecular complexity index is 341. The Morgan fingerprint density at radius 1 is 1.39 bits per heavy atom. The van der Waals surface area contributed by atoms with Gasteiger partial charge in [-0.3, -0.25) is 4.98 Å². The first-order chi connectivity index (χ1) is 8.77. The number of ether oxygens (including phenoxy) is 1. The molecule has 3 heteroatoms. The molecule has 0 saturated heterocycles. The molecule has 0 amide bonds. The average Bonchev–Trinajstić information content (AvgIpc) is 2.41. The summed E-state index contributed by atoms with van der Waals surface area (Å²) < 4.78 is 6.06. The van der Waals surface area contributed by atoms with Gasteiger partial charge in [-0.05, 0) is 37.8 Å². The smallest absolute Gasteiger partial charge is 0.0835 e. The van der Waals surface area contributed by atoms with Crippen molar-refractivity contribution >= 4 is 0 Å². The van der Waals surface area contributed by atoms with Crippen LogP contribution in [0.1, 0.15) is 44.6 Å². The third-order valence-electron chi connectivity index (χ3n) is 3.99. The highest BCUT2D eigenvalue weighted by Crippen LogP contribution is 2.34. The van der Waals surface area contributed by atoms with E-state index in [1.54, 1.807) is 6.20 Å². The van der Waals surface area contributed by atoms with Crippen LogP contribution in [-0.4, -0.2) is 23.2 Å². The van der Waals surface area contributed by atoms with Crippen molar-refractivity contribution in [3.8, 4) is 0 Å². The minimum Gasteiger partial charge on any atom is -0.374 e. The zero-order valence-electron chi connectivity index (χ0n) is 11.3. The average molecular weight is 248 g/mol. The van der Waals surface area contributed by atoms with E-state index in [-0.39, 0.29) is 11.6 Å². The van der Waals surface area contributed by atoms with Crippen molar-refractivity contribution in [1.82, 2.24) is 4.98 Å². The van der Waals surface area contributed by atoms with Crippen LogP contribution in [-0.2, 0) is 11.2 Å². The fourth-order valence-electron chi connectivity index (χ4n) is 3.02. The summed E-state index contributed by atoms with van der Waals surface area (Å²) in [6, 6.07) is 4.13. The fraction of sp³-hybridized carbons (Fsp3) is 0.667. The number of nitrogens with zero attached hydrogens (tertiary/aromatic N) is 1. The molecule has 1 heterocycles. The van der Waals surface area contributed by atoms with E-state index in [1.165, 1.54) is 24.8 Å². The monoisotopic (exact) mass is 248 g/mol. The fourth-order valence-corrected chi connectivity index (χ4v) is 3.02. The molecule has 100 valence electrons. The molecule has 18 heavy (non-hydrogen) atoms. The van der Waals surface area contributed by atoms with E-state index in [1.807, 2.05) is 12.3 Å². The van der Waals surface area contributed by atoms with E-state index in [4.69, 9.17) is 10.5 Å². The molecule has 1 atom stereocenters. The zero-order valence-corrected chi connectivity index (χ0v) is 11.3. The molecule has 0 radical (unpaired) electrons.